The van der Waals surface area contributed by atoms with Gasteiger partial charge >= 0.3 is 0 Å². The van der Waals surface area contributed by atoms with Gasteiger partial charge in [0.05, 0.1) is 0 Å². The lowest BCUT2D eigenvalue weighted by atomic mass is 9.82. The van der Waals surface area contributed by atoms with E-state index in [1.807, 2.05) is 0 Å². The van der Waals surface area contributed by atoms with E-state index in [-0.39, 0.29) is 11.3 Å². The molecule has 0 bridgehead atoms. The first kappa shape index (κ1) is 15.4. The third-order valence-electron chi connectivity index (χ3n) is 3.19. The van der Waals surface area contributed by atoms with Crippen LogP contribution < -0.4 is 11.1 Å². The number of amides is 1. The largest absolute Gasteiger partial charge is 0.356 e. The predicted octanol–water partition coefficient (Wildman–Crippen LogP) is 2.30. The average molecular weight is 228 g/mol. The molecule has 3 heteroatoms. The molecule has 0 aliphatic heterocycles. The summed E-state index contributed by atoms with van der Waals surface area (Å²) in [5, 5.41) is 3.00. The van der Waals surface area contributed by atoms with Gasteiger partial charge in [-0.3, -0.25) is 4.79 Å². The van der Waals surface area contributed by atoms with Gasteiger partial charge in [0, 0.05) is 13.0 Å². The average Bonchev–Trinajstić information content (AvgIpc) is 2.19. The molecule has 0 rings (SSSR count). The highest BCUT2D eigenvalue weighted by Crippen LogP contribution is 2.24. The second-order valence-electron chi connectivity index (χ2n) is 5.67. The number of unbranched alkanes of at least 4 members (excludes halogenated alkanes) is 2. The van der Waals surface area contributed by atoms with Crippen molar-refractivity contribution in [2.24, 2.45) is 17.1 Å². The molecule has 1 unspecified atom stereocenters. The highest BCUT2D eigenvalue weighted by molar-refractivity contribution is 5.75. The van der Waals surface area contributed by atoms with Gasteiger partial charge in [0.1, 0.15) is 0 Å². The van der Waals surface area contributed by atoms with Crippen LogP contribution in [0.15, 0.2) is 0 Å². The minimum atomic E-state index is 0.174. The number of rotatable bonds is 7. The van der Waals surface area contributed by atoms with Crippen molar-refractivity contribution in [1.29, 1.82) is 0 Å². The Bertz CT molecular complexity index is 197. The van der Waals surface area contributed by atoms with Crippen LogP contribution in [0.2, 0.25) is 0 Å². The second-order valence-corrected chi connectivity index (χ2v) is 5.67. The SMILES string of the molecule is CC(CNC(=O)CCCCCN)C(C)(C)C. The van der Waals surface area contributed by atoms with Crippen LogP contribution in [0.25, 0.3) is 0 Å². The molecule has 0 aromatic heterocycles. The molecule has 96 valence electrons. The molecule has 0 aromatic rings. The molecule has 3 nitrogen and oxygen atoms in total. The van der Waals surface area contributed by atoms with Gasteiger partial charge in [-0.2, -0.15) is 0 Å². The standard InChI is InChI=1S/C13H28N2O/c1-11(13(2,3)4)10-15-12(16)8-6-5-7-9-14/h11H,5-10,14H2,1-4H3,(H,15,16). The summed E-state index contributed by atoms with van der Waals surface area (Å²) >= 11 is 0. The molecular weight excluding hydrogens is 200 g/mol. The third-order valence-corrected chi connectivity index (χ3v) is 3.19. The Hall–Kier alpha value is -0.570. The van der Waals surface area contributed by atoms with Gasteiger partial charge in [0.25, 0.3) is 0 Å². The molecule has 0 aliphatic carbocycles. The molecule has 0 aliphatic rings. The normalized spacial score (nSPS) is 13.6. The van der Waals surface area contributed by atoms with Crippen LogP contribution in [-0.2, 0) is 4.79 Å². The maximum Gasteiger partial charge on any atom is 0.220 e. The monoisotopic (exact) mass is 228 g/mol. The van der Waals surface area contributed by atoms with E-state index < -0.39 is 0 Å². The molecule has 1 amide bonds. The summed E-state index contributed by atoms with van der Waals surface area (Å²) in [5.74, 6) is 0.675. The Labute approximate surface area is 100 Å². The van der Waals surface area contributed by atoms with E-state index in [2.05, 4.69) is 33.0 Å². The topological polar surface area (TPSA) is 55.1 Å². The molecule has 0 radical (unpaired) electrons. The van der Waals surface area contributed by atoms with Gasteiger partial charge < -0.3 is 11.1 Å². The van der Waals surface area contributed by atoms with E-state index in [4.69, 9.17) is 5.73 Å². The lowest BCUT2D eigenvalue weighted by Gasteiger charge is -2.27. The molecular formula is C13H28N2O. The fourth-order valence-electron chi connectivity index (χ4n) is 1.27. The Morgan fingerprint density at radius 3 is 2.38 bits per heavy atom. The Balaban J connectivity index is 3.58. The molecule has 0 spiro atoms. The summed E-state index contributed by atoms with van der Waals surface area (Å²) in [4.78, 5) is 11.5. The first-order chi connectivity index (χ1) is 7.38. The van der Waals surface area contributed by atoms with Crippen molar-refractivity contribution in [2.75, 3.05) is 13.1 Å². The Morgan fingerprint density at radius 1 is 1.25 bits per heavy atom. The number of hydrogen-bond acceptors (Lipinski definition) is 2. The molecule has 0 saturated heterocycles. The van der Waals surface area contributed by atoms with Gasteiger partial charge in [0.15, 0.2) is 0 Å². The van der Waals surface area contributed by atoms with Crippen molar-refractivity contribution >= 4 is 5.91 Å². The zero-order valence-electron chi connectivity index (χ0n) is 11.3. The highest BCUT2D eigenvalue weighted by atomic mass is 16.1. The third kappa shape index (κ3) is 7.69. The zero-order chi connectivity index (χ0) is 12.6. The minimum Gasteiger partial charge on any atom is -0.356 e. The fraction of sp³-hybridized carbons (Fsp3) is 0.923. The first-order valence-corrected chi connectivity index (χ1v) is 6.34. The Morgan fingerprint density at radius 2 is 1.88 bits per heavy atom. The lowest BCUT2D eigenvalue weighted by Crippen LogP contribution is -2.33. The quantitative estimate of drug-likeness (QED) is 0.657. The van der Waals surface area contributed by atoms with Gasteiger partial charge in [-0.1, -0.05) is 34.1 Å². The molecule has 0 saturated carbocycles. The van der Waals surface area contributed by atoms with Gasteiger partial charge in [-0.15, -0.1) is 0 Å². The fourth-order valence-corrected chi connectivity index (χ4v) is 1.27. The molecule has 1 atom stereocenters. The van der Waals surface area contributed by atoms with Crippen molar-refractivity contribution in [3.8, 4) is 0 Å². The van der Waals surface area contributed by atoms with E-state index >= 15 is 0 Å². The van der Waals surface area contributed by atoms with E-state index in [0.29, 0.717) is 12.3 Å². The van der Waals surface area contributed by atoms with Crippen molar-refractivity contribution in [3.05, 3.63) is 0 Å². The predicted molar refractivity (Wildman–Crippen MR) is 69.2 cm³/mol. The van der Waals surface area contributed by atoms with Crippen LogP contribution in [0.1, 0.15) is 53.4 Å². The van der Waals surface area contributed by atoms with E-state index in [9.17, 15) is 4.79 Å². The summed E-state index contributed by atoms with van der Waals surface area (Å²) in [6.45, 7) is 10.3. The van der Waals surface area contributed by atoms with E-state index in [1.165, 1.54) is 0 Å². The summed E-state index contributed by atoms with van der Waals surface area (Å²) in [5.41, 5.74) is 5.65. The maximum absolute atomic E-state index is 11.5. The molecule has 0 heterocycles. The van der Waals surface area contributed by atoms with Crippen LogP contribution in [0.5, 0.6) is 0 Å². The molecule has 3 N–H and O–H groups in total. The van der Waals surface area contributed by atoms with Crippen molar-refractivity contribution in [2.45, 2.75) is 53.4 Å². The van der Waals surface area contributed by atoms with Crippen LogP contribution >= 0.6 is 0 Å². The van der Waals surface area contributed by atoms with E-state index in [1.54, 1.807) is 0 Å². The summed E-state index contributed by atoms with van der Waals surface area (Å²) < 4.78 is 0. The molecule has 0 aromatic carbocycles. The summed E-state index contributed by atoms with van der Waals surface area (Å²) in [7, 11) is 0. The van der Waals surface area contributed by atoms with Gasteiger partial charge in [-0.25, -0.2) is 0 Å². The first-order valence-electron chi connectivity index (χ1n) is 6.34. The summed E-state index contributed by atoms with van der Waals surface area (Å²) in [6, 6.07) is 0. The number of nitrogens with two attached hydrogens (primary N) is 1. The van der Waals surface area contributed by atoms with Crippen LogP contribution in [0.3, 0.4) is 0 Å². The van der Waals surface area contributed by atoms with Crippen LogP contribution in [0, 0.1) is 11.3 Å². The lowest BCUT2D eigenvalue weighted by molar-refractivity contribution is -0.121. The smallest absolute Gasteiger partial charge is 0.220 e. The maximum atomic E-state index is 11.5. The van der Waals surface area contributed by atoms with Crippen LogP contribution in [-0.4, -0.2) is 19.0 Å². The van der Waals surface area contributed by atoms with Crippen molar-refractivity contribution in [1.82, 2.24) is 5.32 Å². The highest BCUT2D eigenvalue weighted by Gasteiger charge is 2.19. The number of carbonyl (C=O) groups excluding carboxylic acids is 1. The molecule has 16 heavy (non-hydrogen) atoms. The number of nitrogens with one attached hydrogen (secondary N) is 1. The van der Waals surface area contributed by atoms with Gasteiger partial charge in [-0.05, 0) is 30.7 Å². The summed E-state index contributed by atoms with van der Waals surface area (Å²) in [6.07, 6.45) is 3.66. The zero-order valence-corrected chi connectivity index (χ0v) is 11.3. The minimum absolute atomic E-state index is 0.174. The van der Waals surface area contributed by atoms with Crippen molar-refractivity contribution in [3.63, 3.8) is 0 Å². The second kappa shape index (κ2) is 7.66. The number of carbonyl (C=O) groups is 1. The van der Waals surface area contributed by atoms with E-state index in [0.717, 1.165) is 32.4 Å². The van der Waals surface area contributed by atoms with Crippen molar-refractivity contribution < 1.29 is 4.79 Å². The molecule has 0 fully saturated rings. The number of hydrogen-bond donors (Lipinski definition) is 2. The van der Waals surface area contributed by atoms with Crippen LogP contribution in [0.4, 0.5) is 0 Å². The van der Waals surface area contributed by atoms with Gasteiger partial charge in [0.2, 0.25) is 5.91 Å². The Kier molecular flexibility index (Phi) is 7.39.